The molecule has 0 aliphatic carbocycles. The van der Waals surface area contributed by atoms with Gasteiger partial charge >= 0.3 is 0 Å². The van der Waals surface area contributed by atoms with Gasteiger partial charge in [-0.2, -0.15) is 0 Å². The normalized spacial score (nSPS) is 10.4. The predicted molar refractivity (Wildman–Crippen MR) is 75.1 cm³/mol. The average molecular weight is 267 g/mol. The van der Waals surface area contributed by atoms with Gasteiger partial charge < -0.3 is 0 Å². The Morgan fingerprint density at radius 3 is 2.35 bits per heavy atom. The highest BCUT2D eigenvalue weighted by Gasteiger charge is 2.16. The van der Waals surface area contributed by atoms with Crippen molar-refractivity contribution in [3.63, 3.8) is 0 Å². The van der Waals surface area contributed by atoms with Gasteiger partial charge in [-0.1, -0.05) is 30.3 Å². The quantitative estimate of drug-likeness (QED) is 0.397. The van der Waals surface area contributed by atoms with Crippen LogP contribution in [0.3, 0.4) is 0 Å². The monoisotopic (exact) mass is 267 g/mol. The molecule has 0 radical (unpaired) electrons. The second kappa shape index (κ2) is 6.40. The Hall–Kier alpha value is -2.79. The summed E-state index contributed by atoms with van der Waals surface area (Å²) >= 11 is 0. The molecule has 2 amide bonds. The molecule has 0 spiro atoms. The van der Waals surface area contributed by atoms with E-state index in [-0.39, 0.29) is 0 Å². The van der Waals surface area contributed by atoms with Crippen molar-refractivity contribution in [2.75, 3.05) is 0 Å². The third-order valence-electron chi connectivity index (χ3n) is 2.60. The molecule has 5 nitrogen and oxygen atoms in total. The van der Waals surface area contributed by atoms with Crippen LogP contribution in [0.25, 0.3) is 6.08 Å². The molecule has 0 fully saturated rings. The van der Waals surface area contributed by atoms with Crippen molar-refractivity contribution in [2.24, 2.45) is 5.84 Å². The topological polar surface area (TPSA) is 76.3 Å². The molecular weight excluding hydrogens is 254 g/mol. The second-order valence-corrected chi connectivity index (χ2v) is 3.99. The van der Waals surface area contributed by atoms with E-state index < -0.39 is 11.8 Å². The van der Waals surface area contributed by atoms with Crippen molar-refractivity contribution in [1.29, 1.82) is 0 Å². The highest BCUT2D eigenvalue weighted by Crippen LogP contribution is 2.04. The molecule has 1 aromatic heterocycles. The Morgan fingerprint density at radius 2 is 1.70 bits per heavy atom. The maximum atomic E-state index is 11.9. The molecule has 100 valence electrons. The van der Waals surface area contributed by atoms with Crippen LogP contribution in [0.2, 0.25) is 0 Å². The van der Waals surface area contributed by atoms with Crippen LogP contribution < -0.4 is 5.84 Å². The number of hydrogen-bond donors (Lipinski definition) is 1. The molecule has 1 heterocycles. The summed E-state index contributed by atoms with van der Waals surface area (Å²) in [7, 11) is 0. The lowest BCUT2D eigenvalue weighted by molar-refractivity contribution is -0.123. The number of rotatable bonds is 3. The van der Waals surface area contributed by atoms with Gasteiger partial charge in [0.25, 0.3) is 11.8 Å². The predicted octanol–water partition coefficient (Wildman–Crippen LogP) is 1.64. The molecule has 0 saturated heterocycles. The van der Waals surface area contributed by atoms with Crippen LogP contribution in [-0.2, 0) is 4.79 Å². The third kappa shape index (κ3) is 3.37. The number of hydrazine groups is 1. The van der Waals surface area contributed by atoms with Crippen molar-refractivity contribution < 1.29 is 9.59 Å². The first-order chi connectivity index (χ1) is 9.68. The fraction of sp³-hybridized carbons (Fsp3) is 0. The molecule has 2 N–H and O–H groups in total. The third-order valence-corrected chi connectivity index (χ3v) is 2.60. The van der Waals surface area contributed by atoms with Gasteiger partial charge in [0.15, 0.2) is 0 Å². The van der Waals surface area contributed by atoms with E-state index in [0.29, 0.717) is 10.6 Å². The molecule has 0 bridgehead atoms. The fourth-order valence-corrected chi connectivity index (χ4v) is 1.55. The SMILES string of the molecule is NN(C(=O)C=Cc1ccccc1)C(=O)c1ccncc1. The van der Waals surface area contributed by atoms with Crippen LogP contribution in [0.5, 0.6) is 0 Å². The van der Waals surface area contributed by atoms with E-state index in [1.54, 1.807) is 6.08 Å². The second-order valence-electron chi connectivity index (χ2n) is 3.99. The van der Waals surface area contributed by atoms with Crippen molar-refractivity contribution >= 4 is 17.9 Å². The van der Waals surface area contributed by atoms with Crippen LogP contribution in [0.1, 0.15) is 15.9 Å². The number of aromatic nitrogens is 1. The number of carbonyl (C=O) groups excluding carboxylic acids is 2. The zero-order chi connectivity index (χ0) is 14.4. The van der Waals surface area contributed by atoms with Crippen LogP contribution in [0.15, 0.2) is 60.9 Å². The fourth-order valence-electron chi connectivity index (χ4n) is 1.55. The highest BCUT2D eigenvalue weighted by molar-refractivity contribution is 6.08. The Bertz CT molecular complexity index is 624. The number of nitrogens with two attached hydrogens (primary N) is 1. The van der Waals surface area contributed by atoms with Crippen LogP contribution in [0.4, 0.5) is 0 Å². The molecule has 20 heavy (non-hydrogen) atoms. The van der Waals surface area contributed by atoms with Gasteiger partial charge in [-0.05, 0) is 23.8 Å². The first kappa shape index (κ1) is 13.6. The number of carbonyl (C=O) groups is 2. The maximum absolute atomic E-state index is 11.9. The number of imide groups is 1. The van der Waals surface area contributed by atoms with Crippen LogP contribution in [-0.4, -0.2) is 21.8 Å². The Labute approximate surface area is 116 Å². The zero-order valence-corrected chi connectivity index (χ0v) is 10.6. The van der Waals surface area contributed by atoms with Gasteiger partial charge in [0, 0.05) is 24.0 Å². The number of hydrogen-bond acceptors (Lipinski definition) is 4. The smallest absolute Gasteiger partial charge is 0.268 e. The Kier molecular flexibility index (Phi) is 4.36. The Balaban J connectivity index is 2.06. The molecule has 2 rings (SSSR count). The molecule has 2 aromatic rings. The lowest BCUT2D eigenvalue weighted by Crippen LogP contribution is -2.41. The number of pyridine rings is 1. The minimum atomic E-state index is -0.587. The minimum Gasteiger partial charge on any atom is -0.268 e. The summed E-state index contributed by atoms with van der Waals surface area (Å²) in [6.07, 6.45) is 5.78. The van der Waals surface area contributed by atoms with E-state index in [0.717, 1.165) is 5.56 Å². The lowest BCUT2D eigenvalue weighted by atomic mass is 10.2. The first-order valence-corrected chi connectivity index (χ1v) is 5.95. The molecular formula is C15H13N3O2. The largest absolute Gasteiger partial charge is 0.275 e. The molecule has 0 atom stereocenters. The van der Waals surface area contributed by atoms with E-state index in [4.69, 9.17) is 5.84 Å². The van der Waals surface area contributed by atoms with Gasteiger partial charge in [-0.25, -0.2) is 10.9 Å². The van der Waals surface area contributed by atoms with Gasteiger partial charge in [-0.3, -0.25) is 14.6 Å². The van der Waals surface area contributed by atoms with E-state index in [2.05, 4.69) is 4.98 Å². The van der Waals surface area contributed by atoms with Crippen LogP contribution in [0, 0.1) is 0 Å². The molecule has 5 heteroatoms. The summed E-state index contributed by atoms with van der Waals surface area (Å²) in [6.45, 7) is 0. The summed E-state index contributed by atoms with van der Waals surface area (Å²) in [5, 5.41) is 0.578. The molecule has 0 aliphatic rings. The summed E-state index contributed by atoms with van der Waals surface area (Å²) in [5.74, 6) is 4.36. The van der Waals surface area contributed by atoms with Gasteiger partial charge in [-0.15, -0.1) is 0 Å². The van der Waals surface area contributed by atoms with E-state index in [1.807, 2.05) is 30.3 Å². The van der Waals surface area contributed by atoms with Gasteiger partial charge in [0.2, 0.25) is 0 Å². The maximum Gasteiger partial charge on any atom is 0.275 e. The first-order valence-electron chi connectivity index (χ1n) is 5.95. The van der Waals surface area contributed by atoms with Crippen LogP contribution >= 0.6 is 0 Å². The van der Waals surface area contributed by atoms with Gasteiger partial charge in [0.1, 0.15) is 0 Å². The standard InChI is InChI=1S/C15H13N3O2/c16-18(15(20)13-8-10-17-11-9-13)14(19)7-6-12-4-2-1-3-5-12/h1-11H,16H2. The molecule has 0 saturated carbocycles. The van der Waals surface area contributed by atoms with Crippen molar-refractivity contribution in [3.8, 4) is 0 Å². The van der Waals surface area contributed by atoms with E-state index >= 15 is 0 Å². The van der Waals surface area contributed by atoms with Crippen molar-refractivity contribution in [1.82, 2.24) is 9.99 Å². The summed E-state index contributed by atoms with van der Waals surface area (Å²) in [6, 6.07) is 12.3. The molecule has 1 aromatic carbocycles. The van der Waals surface area contributed by atoms with Crippen molar-refractivity contribution in [3.05, 3.63) is 72.1 Å². The zero-order valence-electron chi connectivity index (χ0n) is 10.6. The highest BCUT2D eigenvalue weighted by atomic mass is 16.2. The van der Waals surface area contributed by atoms with Gasteiger partial charge in [0.05, 0.1) is 0 Å². The Morgan fingerprint density at radius 1 is 1.05 bits per heavy atom. The summed E-state index contributed by atoms with van der Waals surface area (Å²) in [5.41, 5.74) is 1.16. The van der Waals surface area contributed by atoms with E-state index in [9.17, 15) is 9.59 Å². The van der Waals surface area contributed by atoms with Crippen molar-refractivity contribution in [2.45, 2.75) is 0 Å². The average Bonchev–Trinajstić information content (AvgIpc) is 2.53. The minimum absolute atomic E-state index is 0.309. The number of amides is 2. The number of benzene rings is 1. The molecule has 0 aliphatic heterocycles. The van der Waals surface area contributed by atoms with E-state index in [1.165, 1.54) is 30.6 Å². The number of nitrogens with zero attached hydrogens (tertiary/aromatic N) is 2. The molecule has 0 unspecified atom stereocenters. The lowest BCUT2D eigenvalue weighted by Gasteiger charge is -2.12. The summed E-state index contributed by atoms with van der Waals surface area (Å²) < 4.78 is 0. The summed E-state index contributed by atoms with van der Waals surface area (Å²) in [4.78, 5) is 27.5.